The summed E-state index contributed by atoms with van der Waals surface area (Å²) in [6.45, 7) is 5.05. The number of anilines is 1. The third-order valence-electron chi connectivity index (χ3n) is 4.10. The van der Waals surface area contributed by atoms with Crippen molar-refractivity contribution in [3.63, 3.8) is 0 Å². The highest BCUT2D eigenvalue weighted by atomic mass is 32.1. The maximum atomic E-state index is 12.6. The number of rotatable bonds is 7. The molecule has 8 heteroatoms. The van der Waals surface area contributed by atoms with Gasteiger partial charge >= 0.3 is 0 Å². The van der Waals surface area contributed by atoms with Crippen LogP contribution in [0.3, 0.4) is 0 Å². The van der Waals surface area contributed by atoms with Crippen LogP contribution in [0.1, 0.15) is 31.5 Å². The van der Waals surface area contributed by atoms with Crippen LogP contribution in [-0.2, 0) is 9.53 Å². The number of ether oxygens (including phenoxy) is 1. The summed E-state index contributed by atoms with van der Waals surface area (Å²) in [5.41, 5.74) is 0.722. The van der Waals surface area contributed by atoms with Crippen LogP contribution in [0.4, 0.5) is 5.82 Å². The molecule has 2 aromatic rings. The Morgan fingerprint density at radius 2 is 2.19 bits per heavy atom. The number of hydrogen-bond acceptors (Lipinski definition) is 6. The summed E-state index contributed by atoms with van der Waals surface area (Å²) in [7, 11) is 0. The molecule has 0 spiro atoms. The van der Waals surface area contributed by atoms with E-state index in [1.807, 2.05) is 38.1 Å². The zero-order chi connectivity index (χ0) is 18.7. The lowest BCUT2D eigenvalue weighted by atomic mass is 10.2. The summed E-state index contributed by atoms with van der Waals surface area (Å²) in [4.78, 5) is 29.1. The highest BCUT2D eigenvalue weighted by Gasteiger charge is 2.33. The van der Waals surface area contributed by atoms with Crippen LogP contribution < -0.4 is 10.6 Å². The van der Waals surface area contributed by atoms with E-state index in [0.717, 1.165) is 17.3 Å². The standard InChI is InChI=1S/C18H22N4O3S/c1-11(2)25-9-5-8-19-15(23)10-14-17(24)22-16(20-14)12-6-3-4-7-13(12)21-18(22)26/h3-4,6-7,11,14,20H,5,8-10H2,1-2H3,(H,19,23)/t14-/m1/s1. The average molecular weight is 374 g/mol. The topological polar surface area (TPSA) is 85.2 Å². The Kier molecular flexibility index (Phi) is 5.63. The van der Waals surface area contributed by atoms with E-state index in [1.165, 1.54) is 4.57 Å². The second-order valence-electron chi connectivity index (χ2n) is 6.46. The molecule has 0 radical (unpaired) electrons. The highest BCUT2D eigenvalue weighted by molar-refractivity contribution is 7.71. The van der Waals surface area contributed by atoms with Gasteiger partial charge in [0.15, 0.2) is 0 Å². The van der Waals surface area contributed by atoms with Crippen LogP contribution in [0.2, 0.25) is 0 Å². The number of carbonyl (C=O) groups is 2. The third kappa shape index (κ3) is 3.91. The number of carbonyl (C=O) groups excluding carboxylic acids is 2. The minimum absolute atomic E-state index is 0.0502. The Bertz CT molecular complexity index is 894. The van der Waals surface area contributed by atoms with Gasteiger partial charge in [-0.25, -0.2) is 9.55 Å². The van der Waals surface area contributed by atoms with Gasteiger partial charge in [0.25, 0.3) is 5.91 Å². The molecule has 138 valence electrons. The van der Waals surface area contributed by atoms with Crippen molar-refractivity contribution in [2.45, 2.75) is 38.8 Å². The molecular formula is C18H22N4O3S. The van der Waals surface area contributed by atoms with Crippen molar-refractivity contribution in [2.75, 3.05) is 18.5 Å². The number of benzene rings is 1. The van der Waals surface area contributed by atoms with Gasteiger partial charge in [-0.1, -0.05) is 12.1 Å². The fourth-order valence-electron chi connectivity index (χ4n) is 2.88. The van der Waals surface area contributed by atoms with E-state index < -0.39 is 6.04 Å². The van der Waals surface area contributed by atoms with Crippen molar-refractivity contribution in [2.24, 2.45) is 0 Å². The Balaban J connectivity index is 1.63. The van der Waals surface area contributed by atoms with Gasteiger partial charge in [0.2, 0.25) is 10.7 Å². The molecule has 7 nitrogen and oxygen atoms in total. The molecule has 0 saturated heterocycles. The zero-order valence-electron chi connectivity index (χ0n) is 14.8. The number of aromatic nitrogens is 2. The van der Waals surface area contributed by atoms with Gasteiger partial charge < -0.3 is 15.4 Å². The van der Waals surface area contributed by atoms with Crippen LogP contribution in [0.5, 0.6) is 0 Å². The summed E-state index contributed by atoms with van der Waals surface area (Å²) in [6, 6.07) is 6.82. The molecular weight excluding hydrogens is 352 g/mol. The molecule has 2 heterocycles. The molecule has 2 N–H and O–H groups in total. The molecule has 1 atom stereocenters. The predicted molar refractivity (Wildman–Crippen MR) is 102 cm³/mol. The Morgan fingerprint density at radius 3 is 2.96 bits per heavy atom. The van der Waals surface area contributed by atoms with Gasteiger partial charge in [0.05, 0.1) is 18.0 Å². The van der Waals surface area contributed by atoms with Crippen molar-refractivity contribution in [1.29, 1.82) is 0 Å². The van der Waals surface area contributed by atoms with E-state index in [9.17, 15) is 9.59 Å². The second kappa shape index (κ2) is 7.92. The SMILES string of the molecule is CC(C)OCCCNC(=O)C[C@H]1Nc2c3ccccc3nc(=S)n2C1=O. The van der Waals surface area contributed by atoms with E-state index in [-0.39, 0.29) is 29.1 Å². The fourth-order valence-corrected chi connectivity index (χ4v) is 3.16. The number of nitrogens with zero attached hydrogens (tertiary/aromatic N) is 2. The Labute approximate surface area is 156 Å². The first-order valence-corrected chi connectivity index (χ1v) is 9.09. The average Bonchev–Trinajstić information content (AvgIpc) is 2.92. The van der Waals surface area contributed by atoms with E-state index in [0.29, 0.717) is 19.0 Å². The molecule has 0 fully saturated rings. The van der Waals surface area contributed by atoms with Gasteiger partial charge in [0, 0.05) is 18.5 Å². The molecule has 0 aliphatic carbocycles. The number of amides is 1. The first kappa shape index (κ1) is 18.5. The largest absolute Gasteiger partial charge is 0.379 e. The fraction of sp³-hybridized carbons (Fsp3) is 0.444. The van der Waals surface area contributed by atoms with Crippen molar-refractivity contribution in [3.05, 3.63) is 29.0 Å². The first-order valence-electron chi connectivity index (χ1n) is 8.68. The molecule has 1 amide bonds. The summed E-state index contributed by atoms with van der Waals surface area (Å²) in [6.07, 6.45) is 0.960. The van der Waals surface area contributed by atoms with Gasteiger partial charge in [0.1, 0.15) is 11.9 Å². The minimum Gasteiger partial charge on any atom is -0.379 e. The molecule has 26 heavy (non-hydrogen) atoms. The predicted octanol–water partition coefficient (Wildman–Crippen LogP) is 2.52. The third-order valence-corrected chi connectivity index (χ3v) is 4.38. The summed E-state index contributed by atoms with van der Waals surface area (Å²) >= 11 is 5.25. The second-order valence-corrected chi connectivity index (χ2v) is 6.82. The maximum Gasteiger partial charge on any atom is 0.257 e. The number of fused-ring (bicyclic) bond motifs is 3. The Morgan fingerprint density at radius 1 is 1.42 bits per heavy atom. The number of nitrogens with one attached hydrogen (secondary N) is 2. The lowest BCUT2D eigenvalue weighted by molar-refractivity contribution is -0.121. The molecule has 0 unspecified atom stereocenters. The first-order chi connectivity index (χ1) is 12.5. The monoisotopic (exact) mass is 374 g/mol. The van der Waals surface area contributed by atoms with Crippen molar-refractivity contribution in [3.8, 4) is 0 Å². The molecule has 1 aliphatic rings. The van der Waals surface area contributed by atoms with Crippen LogP contribution in [0, 0.1) is 4.77 Å². The summed E-state index contributed by atoms with van der Waals surface area (Å²) in [5.74, 6) is 0.173. The lowest BCUT2D eigenvalue weighted by Gasteiger charge is -2.10. The zero-order valence-corrected chi connectivity index (χ0v) is 15.6. The van der Waals surface area contributed by atoms with Crippen LogP contribution in [-0.4, -0.2) is 46.7 Å². The summed E-state index contributed by atoms with van der Waals surface area (Å²) < 4.78 is 7.01. The quantitative estimate of drug-likeness (QED) is 0.572. The molecule has 0 bridgehead atoms. The van der Waals surface area contributed by atoms with Crippen LogP contribution >= 0.6 is 12.2 Å². The molecule has 1 aromatic heterocycles. The van der Waals surface area contributed by atoms with Gasteiger partial charge in [-0.15, -0.1) is 0 Å². The molecule has 0 saturated carbocycles. The van der Waals surface area contributed by atoms with Crippen LogP contribution in [0.25, 0.3) is 10.9 Å². The normalized spacial score (nSPS) is 16.0. The summed E-state index contributed by atoms with van der Waals surface area (Å²) in [5, 5.41) is 6.77. The lowest BCUT2D eigenvalue weighted by Crippen LogP contribution is -2.34. The Hall–Kier alpha value is -2.32. The maximum absolute atomic E-state index is 12.6. The van der Waals surface area contributed by atoms with E-state index in [1.54, 1.807) is 0 Å². The number of para-hydroxylation sites is 1. The highest BCUT2D eigenvalue weighted by Crippen LogP contribution is 2.28. The van der Waals surface area contributed by atoms with E-state index in [4.69, 9.17) is 17.0 Å². The number of hydrogen-bond donors (Lipinski definition) is 2. The smallest absolute Gasteiger partial charge is 0.257 e. The van der Waals surface area contributed by atoms with E-state index >= 15 is 0 Å². The van der Waals surface area contributed by atoms with Crippen LogP contribution in [0.15, 0.2) is 24.3 Å². The molecule has 3 rings (SSSR count). The minimum atomic E-state index is -0.642. The molecule has 1 aliphatic heterocycles. The van der Waals surface area contributed by atoms with Gasteiger partial charge in [-0.2, -0.15) is 0 Å². The van der Waals surface area contributed by atoms with E-state index in [2.05, 4.69) is 15.6 Å². The van der Waals surface area contributed by atoms with Crippen molar-refractivity contribution < 1.29 is 14.3 Å². The van der Waals surface area contributed by atoms with Gasteiger partial charge in [-0.3, -0.25) is 9.59 Å². The van der Waals surface area contributed by atoms with Crippen molar-refractivity contribution >= 4 is 40.8 Å². The molecule has 1 aromatic carbocycles. The van der Waals surface area contributed by atoms with Gasteiger partial charge in [-0.05, 0) is 44.6 Å². The van der Waals surface area contributed by atoms with Crippen molar-refractivity contribution in [1.82, 2.24) is 14.9 Å².